The lowest BCUT2D eigenvalue weighted by molar-refractivity contribution is -0.535. The topological polar surface area (TPSA) is 59.6 Å². The summed E-state index contributed by atoms with van der Waals surface area (Å²) in [5, 5.41) is 3.44. The smallest absolute Gasteiger partial charge is 0.332 e. The zero-order valence-corrected chi connectivity index (χ0v) is 22.0. The number of alkyl halides is 13. The van der Waals surface area contributed by atoms with E-state index in [1.54, 1.807) is 4.74 Å². The van der Waals surface area contributed by atoms with Crippen molar-refractivity contribution in [1.82, 2.24) is 5.32 Å². The molecule has 2 aromatic carbocycles. The number of anilines is 1. The number of nitrogens with one attached hydrogen (secondary N) is 2. The first-order chi connectivity index (χ1) is 18.3. The van der Waals surface area contributed by atoms with Crippen LogP contribution in [0.5, 0.6) is 0 Å². The summed E-state index contributed by atoms with van der Waals surface area (Å²) in [5.74, 6) is -14.5. The van der Waals surface area contributed by atoms with Crippen LogP contribution in [0.15, 0.2) is 46.9 Å². The number of carbonyl (C=O) groups is 1. The maximum absolute atomic E-state index is 14.4. The molecular weight excluding hydrogens is 711 g/mol. The normalized spacial score (nSPS) is 13.6. The Morgan fingerprint density at radius 2 is 1.37 bits per heavy atom. The third kappa shape index (κ3) is 7.90. The summed E-state index contributed by atoms with van der Waals surface area (Å²) in [6.45, 7) is 0. The fourth-order valence-electron chi connectivity index (χ4n) is 2.63. The molecule has 0 spiro atoms. The molecule has 0 bridgehead atoms. The lowest BCUT2D eigenvalue weighted by Gasteiger charge is -2.35. The van der Waals surface area contributed by atoms with Gasteiger partial charge in [0.25, 0.3) is 5.91 Å². The number of rotatable bonds is 9. The average Bonchev–Trinajstić information content (AvgIpc) is 2.78. The van der Waals surface area contributed by atoms with E-state index in [9.17, 15) is 61.9 Å². The fraction of sp³-hybridized carbons (Fsp3) is 0.300. The standard InChI is InChI=1S/C20H9BrClF13N2O3S/c21-9-4-5-12(22)11(7-9)13(38)37-14(41)36-10-3-1-2-8(6-10)15(23,24)17(27,28)39-18(29,30)16(25,26)19(31,32)40-20(33,34)35/h1-7H,(H2,36,37,38,41). The van der Waals surface area contributed by atoms with Crippen LogP contribution in [0.25, 0.3) is 0 Å². The van der Waals surface area contributed by atoms with Gasteiger partial charge in [-0.25, -0.2) is 9.47 Å². The second-order valence-electron chi connectivity index (χ2n) is 7.46. The maximum Gasteiger partial charge on any atom is 0.527 e. The third-order valence-electron chi connectivity index (χ3n) is 4.48. The minimum atomic E-state index is -7.54. The summed E-state index contributed by atoms with van der Waals surface area (Å²) in [7, 11) is 0. The van der Waals surface area contributed by atoms with Crippen LogP contribution in [0, 0.1) is 0 Å². The molecule has 0 fully saturated rings. The average molecular weight is 720 g/mol. The Bertz CT molecular complexity index is 1310. The molecule has 0 saturated heterocycles. The van der Waals surface area contributed by atoms with Crippen LogP contribution in [-0.4, -0.2) is 41.6 Å². The van der Waals surface area contributed by atoms with Crippen LogP contribution in [0.3, 0.4) is 0 Å². The monoisotopic (exact) mass is 718 g/mol. The lowest BCUT2D eigenvalue weighted by atomic mass is 10.1. The van der Waals surface area contributed by atoms with Gasteiger partial charge >= 0.3 is 36.5 Å². The predicted molar refractivity (Wildman–Crippen MR) is 121 cm³/mol. The van der Waals surface area contributed by atoms with Gasteiger partial charge in [0.15, 0.2) is 5.11 Å². The zero-order valence-electron chi connectivity index (χ0n) is 18.8. The summed E-state index contributed by atoms with van der Waals surface area (Å²) in [6, 6.07) is 5.70. The van der Waals surface area contributed by atoms with Crippen molar-refractivity contribution in [2.45, 2.75) is 36.5 Å². The summed E-state index contributed by atoms with van der Waals surface area (Å²) in [4.78, 5) is 12.3. The van der Waals surface area contributed by atoms with Crippen molar-refractivity contribution < 1.29 is 71.3 Å². The molecule has 0 aliphatic heterocycles. The Kier molecular flexibility index (Phi) is 9.92. The van der Waals surface area contributed by atoms with E-state index in [1.165, 1.54) is 18.2 Å². The van der Waals surface area contributed by atoms with Gasteiger partial charge < -0.3 is 5.32 Å². The molecule has 0 heterocycles. The minimum absolute atomic E-state index is 0.0533. The SMILES string of the molecule is O=C(NC(=S)Nc1cccc(C(F)(F)C(F)(F)OC(F)(F)C(F)(F)C(F)(F)OC(F)(F)F)c1)c1cc(Br)ccc1Cl. The molecular formula is C20H9BrClF13N2O3S. The molecule has 2 rings (SSSR count). The maximum atomic E-state index is 14.4. The summed E-state index contributed by atoms with van der Waals surface area (Å²) in [5.41, 5.74) is -2.73. The van der Waals surface area contributed by atoms with E-state index in [4.69, 9.17) is 23.8 Å². The molecule has 0 aliphatic rings. The Hall–Kier alpha value is -2.42. The Labute approximate surface area is 238 Å². The molecule has 5 nitrogen and oxygen atoms in total. The van der Waals surface area contributed by atoms with Gasteiger partial charge in [0.1, 0.15) is 0 Å². The molecule has 0 unspecified atom stereocenters. The molecule has 2 N–H and O–H groups in total. The molecule has 0 atom stereocenters. The first-order valence-electron chi connectivity index (χ1n) is 9.87. The Balaban J connectivity index is 2.27. The van der Waals surface area contributed by atoms with E-state index in [1.807, 2.05) is 10.1 Å². The minimum Gasteiger partial charge on any atom is -0.332 e. The van der Waals surface area contributed by atoms with Crippen LogP contribution < -0.4 is 10.6 Å². The van der Waals surface area contributed by atoms with Gasteiger partial charge in [-0.05, 0) is 42.5 Å². The molecule has 41 heavy (non-hydrogen) atoms. The number of benzene rings is 2. The highest BCUT2D eigenvalue weighted by molar-refractivity contribution is 9.10. The van der Waals surface area contributed by atoms with Crippen molar-refractivity contribution in [3.05, 3.63) is 63.1 Å². The highest BCUT2D eigenvalue weighted by Crippen LogP contribution is 2.54. The summed E-state index contributed by atoms with van der Waals surface area (Å²) >= 11 is 13.7. The van der Waals surface area contributed by atoms with E-state index in [0.29, 0.717) is 10.5 Å². The van der Waals surface area contributed by atoms with E-state index >= 15 is 0 Å². The van der Waals surface area contributed by atoms with Crippen LogP contribution in [0.2, 0.25) is 5.02 Å². The second kappa shape index (κ2) is 11.7. The number of halogens is 15. The van der Waals surface area contributed by atoms with Gasteiger partial charge in [-0.2, -0.15) is 43.9 Å². The largest absolute Gasteiger partial charge is 0.527 e. The molecule has 21 heteroatoms. The predicted octanol–water partition coefficient (Wildman–Crippen LogP) is 8.29. The van der Waals surface area contributed by atoms with Gasteiger partial charge in [-0.1, -0.05) is 39.7 Å². The van der Waals surface area contributed by atoms with Crippen LogP contribution in [0.4, 0.5) is 62.8 Å². The first kappa shape index (κ1) is 34.8. The van der Waals surface area contributed by atoms with Crippen molar-refractivity contribution in [1.29, 1.82) is 0 Å². The highest BCUT2D eigenvalue weighted by atomic mass is 79.9. The van der Waals surface area contributed by atoms with E-state index in [2.05, 4.69) is 21.2 Å². The molecule has 0 saturated carbocycles. The number of thiocarbonyl (C=S) groups is 1. The number of ether oxygens (including phenoxy) is 2. The molecule has 1 amide bonds. The first-order valence-corrected chi connectivity index (χ1v) is 11.4. The van der Waals surface area contributed by atoms with Crippen LogP contribution in [0.1, 0.15) is 15.9 Å². The van der Waals surface area contributed by atoms with E-state index < -0.39 is 58.8 Å². The molecule has 2 aromatic rings. The highest BCUT2D eigenvalue weighted by Gasteiger charge is 2.80. The Morgan fingerprint density at radius 1 is 0.805 bits per heavy atom. The van der Waals surface area contributed by atoms with Gasteiger partial charge in [-0.3, -0.25) is 10.1 Å². The van der Waals surface area contributed by atoms with Gasteiger partial charge in [0, 0.05) is 15.7 Å². The number of hydrogen-bond donors (Lipinski definition) is 2. The molecule has 0 aliphatic carbocycles. The van der Waals surface area contributed by atoms with Crippen LogP contribution in [-0.2, 0) is 15.4 Å². The lowest BCUT2D eigenvalue weighted by Crippen LogP contribution is -2.61. The fourth-order valence-corrected chi connectivity index (χ4v) is 3.41. The summed E-state index contributed by atoms with van der Waals surface area (Å²) in [6.07, 6.45) is -28.0. The second-order valence-corrected chi connectivity index (χ2v) is 9.19. The van der Waals surface area contributed by atoms with Gasteiger partial charge in [-0.15, -0.1) is 13.2 Å². The van der Waals surface area contributed by atoms with Gasteiger partial charge in [0.2, 0.25) is 0 Å². The number of amides is 1. The quantitative estimate of drug-likeness (QED) is 0.202. The van der Waals surface area contributed by atoms with Crippen molar-refractivity contribution in [2.24, 2.45) is 0 Å². The van der Waals surface area contributed by atoms with Crippen LogP contribution >= 0.6 is 39.7 Å². The van der Waals surface area contributed by atoms with Crippen molar-refractivity contribution in [3.63, 3.8) is 0 Å². The summed E-state index contributed by atoms with van der Waals surface area (Å²) < 4.78 is 177. The van der Waals surface area contributed by atoms with E-state index in [0.717, 1.165) is 6.07 Å². The van der Waals surface area contributed by atoms with Crippen molar-refractivity contribution in [2.75, 3.05) is 5.32 Å². The van der Waals surface area contributed by atoms with Crippen molar-refractivity contribution in [3.8, 4) is 0 Å². The Morgan fingerprint density at radius 3 is 1.93 bits per heavy atom. The number of hydrogen-bond acceptors (Lipinski definition) is 4. The third-order valence-corrected chi connectivity index (χ3v) is 5.51. The number of carbonyl (C=O) groups excluding carboxylic acids is 1. The molecule has 0 radical (unpaired) electrons. The zero-order chi connectivity index (χ0) is 31.8. The van der Waals surface area contributed by atoms with E-state index in [-0.39, 0.29) is 22.7 Å². The molecule has 228 valence electrons. The van der Waals surface area contributed by atoms with Gasteiger partial charge in [0.05, 0.1) is 10.6 Å². The van der Waals surface area contributed by atoms with Crippen molar-refractivity contribution >= 4 is 56.5 Å². The molecule has 0 aromatic heterocycles.